The van der Waals surface area contributed by atoms with Crippen molar-refractivity contribution in [3.05, 3.63) is 11.6 Å². The SMILES string of the molecule is CC(=O)OC[C@@H](C)CC/C(=N\O)[C@@H](C)[C@@H]1/C(=N\O)C[C@H]2C=C3C[C@@H](OC(C)=O)CC[C@@]3(C)C[C@@]21C. The largest absolute Gasteiger partial charge is 0.466 e. The topological polar surface area (TPSA) is 118 Å². The number of carbonyl (C=O) groups is 2. The normalized spacial score (nSPS) is 35.5. The molecule has 0 unspecified atom stereocenters. The molecular weight excluding hydrogens is 448 g/mol. The molecule has 0 amide bonds. The molecule has 0 aromatic carbocycles. The molecule has 0 aromatic heterocycles. The van der Waals surface area contributed by atoms with Gasteiger partial charge in [-0.3, -0.25) is 9.59 Å². The Morgan fingerprint density at radius 3 is 2.49 bits per heavy atom. The van der Waals surface area contributed by atoms with Crippen molar-refractivity contribution in [2.75, 3.05) is 6.61 Å². The van der Waals surface area contributed by atoms with Gasteiger partial charge < -0.3 is 19.9 Å². The van der Waals surface area contributed by atoms with Crippen LogP contribution in [0, 0.1) is 34.5 Å². The van der Waals surface area contributed by atoms with Gasteiger partial charge in [-0.25, -0.2) is 0 Å². The van der Waals surface area contributed by atoms with Crippen molar-refractivity contribution in [1.82, 2.24) is 0 Å². The summed E-state index contributed by atoms with van der Waals surface area (Å²) in [7, 11) is 0. The molecule has 3 aliphatic carbocycles. The number of esters is 2. The fourth-order valence-electron chi connectivity index (χ4n) is 7.07. The van der Waals surface area contributed by atoms with Crippen LogP contribution in [-0.4, -0.2) is 46.5 Å². The van der Waals surface area contributed by atoms with Crippen LogP contribution in [0.3, 0.4) is 0 Å². The Kier molecular flexibility index (Phi) is 8.32. The number of carbonyl (C=O) groups excluding carboxylic acids is 2. The molecule has 8 nitrogen and oxygen atoms in total. The van der Waals surface area contributed by atoms with Crippen molar-refractivity contribution >= 4 is 23.4 Å². The Bertz CT molecular complexity index is 911. The van der Waals surface area contributed by atoms with Crippen molar-refractivity contribution in [2.45, 2.75) is 92.6 Å². The molecule has 0 saturated heterocycles. The zero-order valence-corrected chi connectivity index (χ0v) is 22.0. The number of hydrogen-bond acceptors (Lipinski definition) is 8. The maximum absolute atomic E-state index is 11.5. The van der Waals surface area contributed by atoms with E-state index in [1.807, 2.05) is 6.92 Å². The van der Waals surface area contributed by atoms with Gasteiger partial charge in [0, 0.05) is 32.1 Å². The first kappa shape index (κ1) is 27.2. The minimum atomic E-state index is -0.296. The van der Waals surface area contributed by atoms with Crippen molar-refractivity contribution < 1.29 is 29.5 Å². The predicted molar refractivity (Wildman–Crippen MR) is 133 cm³/mol. The third kappa shape index (κ3) is 5.72. The number of ether oxygens (including phenoxy) is 2. The standard InChI is InChI=1S/C27H42N2O6/c1-16(14-34-18(3)30)7-8-23(28-32)17(2)25-24(29-33)13-21-11-20-12-22(35-19(4)31)9-10-26(20,5)15-27(21,25)6/h11,16-17,21-22,25,32-33H,7-10,12-15H2,1-6H3/b28-23+,29-24-/t16-,17+,21+,22-,25+,26-,27-/m0/s1. The summed E-state index contributed by atoms with van der Waals surface area (Å²) in [5.41, 5.74) is 2.64. The molecule has 0 radical (unpaired) electrons. The van der Waals surface area contributed by atoms with E-state index in [9.17, 15) is 20.0 Å². The fraction of sp³-hybridized carbons (Fsp3) is 0.778. The van der Waals surface area contributed by atoms with E-state index in [0.717, 1.165) is 37.8 Å². The Morgan fingerprint density at radius 1 is 1.17 bits per heavy atom. The highest BCUT2D eigenvalue weighted by molar-refractivity contribution is 5.97. The van der Waals surface area contributed by atoms with Crippen molar-refractivity contribution in [3.8, 4) is 0 Å². The lowest BCUT2D eigenvalue weighted by molar-refractivity contribution is -0.148. The van der Waals surface area contributed by atoms with Gasteiger partial charge in [-0.05, 0) is 61.2 Å². The summed E-state index contributed by atoms with van der Waals surface area (Å²) in [4.78, 5) is 22.6. The second-order valence-electron chi connectivity index (χ2n) is 11.6. The molecule has 0 aromatic rings. The van der Waals surface area contributed by atoms with E-state index in [-0.39, 0.29) is 52.5 Å². The molecule has 7 atom stereocenters. The summed E-state index contributed by atoms with van der Waals surface area (Å²) in [6.45, 7) is 11.9. The number of allylic oxidation sites excluding steroid dienone is 1. The lowest BCUT2D eigenvalue weighted by Gasteiger charge is -2.52. The van der Waals surface area contributed by atoms with Crippen LogP contribution >= 0.6 is 0 Å². The van der Waals surface area contributed by atoms with Crippen LogP contribution in [0.5, 0.6) is 0 Å². The average molecular weight is 491 g/mol. The molecule has 8 heteroatoms. The third-order valence-corrected chi connectivity index (χ3v) is 8.84. The summed E-state index contributed by atoms with van der Waals surface area (Å²) >= 11 is 0. The van der Waals surface area contributed by atoms with Gasteiger partial charge in [-0.15, -0.1) is 0 Å². The maximum Gasteiger partial charge on any atom is 0.302 e. The van der Waals surface area contributed by atoms with Crippen LogP contribution in [0.4, 0.5) is 0 Å². The van der Waals surface area contributed by atoms with Gasteiger partial charge in [0.2, 0.25) is 0 Å². The Morgan fingerprint density at radius 2 is 1.89 bits per heavy atom. The summed E-state index contributed by atoms with van der Waals surface area (Å²) < 4.78 is 10.6. The molecule has 3 rings (SSSR count). The molecule has 0 heterocycles. The quantitative estimate of drug-likeness (QED) is 0.156. The van der Waals surface area contributed by atoms with E-state index in [1.165, 1.54) is 19.4 Å². The molecule has 0 bridgehead atoms. The molecule has 2 N–H and O–H groups in total. The highest BCUT2D eigenvalue weighted by Crippen LogP contribution is 2.63. The van der Waals surface area contributed by atoms with E-state index < -0.39 is 0 Å². The molecule has 0 spiro atoms. The monoisotopic (exact) mass is 490 g/mol. The fourth-order valence-corrected chi connectivity index (χ4v) is 7.07. The third-order valence-electron chi connectivity index (χ3n) is 8.84. The average Bonchev–Trinajstić information content (AvgIpc) is 3.06. The van der Waals surface area contributed by atoms with Gasteiger partial charge in [-0.2, -0.15) is 0 Å². The highest BCUT2D eigenvalue weighted by atomic mass is 16.5. The first-order valence-corrected chi connectivity index (χ1v) is 12.9. The summed E-state index contributed by atoms with van der Waals surface area (Å²) in [6.07, 6.45) is 7.76. The van der Waals surface area contributed by atoms with Crippen LogP contribution in [0.2, 0.25) is 0 Å². The number of rotatable bonds is 8. The zero-order valence-electron chi connectivity index (χ0n) is 22.0. The second kappa shape index (κ2) is 10.7. The van der Waals surface area contributed by atoms with Crippen LogP contribution in [-0.2, 0) is 19.1 Å². The molecule has 196 valence electrons. The van der Waals surface area contributed by atoms with Gasteiger partial charge in [0.15, 0.2) is 0 Å². The van der Waals surface area contributed by atoms with Crippen molar-refractivity contribution in [1.29, 1.82) is 0 Å². The first-order chi connectivity index (χ1) is 16.4. The highest BCUT2D eigenvalue weighted by Gasteiger charge is 2.58. The Balaban J connectivity index is 1.80. The van der Waals surface area contributed by atoms with Gasteiger partial charge in [-0.1, -0.05) is 49.7 Å². The van der Waals surface area contributed by atoms with Crippen LogP contribution < -0.4 is 0 Å². The van der Waals surface area contributed by atoms with Crippen molar-refractivity contribution in [3.63, 3.8) is 0 Å². The minimum Gasteiger partial charge on any atom is -0.466 e. The molecule has 2 fully saturated rings. The minimum absolute atomic E-state index is 0.000160. The Hall–Kier alpha value is -2.38. The summed E-state index contributed by atoms with van der Waals surface area (Å²) in [6, 6.07) is 0. The second-order valence-corrected chi connectivity index (χ2v) is 11.6. The smallest absolute Gasteiger partial charge is 0.302 e. The molecule has 35 heavy (non-hydrogen) atoms. The maximum atomic E-state index is 11.5. The molecule has 3 aliphatic rings. The van der Waals surface area contributed by atoms with Crippen LogP contribution in [0.25, 0.3) is 0 Å². The van der Waals surface area contributed by atoms with Gasteiger partial charge >= 0.3 is 11.9 Å². The summed E-state index contributed by atoms with van der Waals surface area (Å²) in [5, 5.41) is 27.3. The van der Waals surface area contributed by atoms with Gasteiger partial charge in [0.05, 0.1) is 18.0 Å². The predicted octanol–water partition coefficient (Wildman–Crippen LogP) is 5.36. The number of fused-ring (bicyclic) bond motifs is 2. The van der Waals surface area contributed by atoms with Gasteiger partial charge in [0.1, 0.15) is 6.10 Å². The van der Waals surface area contributed by atoms with E-state index in [2.05, 4.69) is 37.2 Å². The van der Waals surface area contributed by atoms with Crippen molar-refractivity contribution in [2.24, 2.45) is 44.8 Å². The molecular formula is C27H42N2O6. The zero-order chi connectivity index (χ0) is 26.0. The number of oxime groups is 2. The first-order valence-electron chi connectivity index (χ1n) is 12.9. The van der Waals surface area contributed by atoms with Gasteiger partial charge in [0.25, 0.3) is 0 Å². The van der Waals surface area contributed by atoms with E-state index >= 15 is 0 Å². The van der Waals surface area contributed by atoms with E-state index in [0.29, 0.717) is 25.2 Å². The summed E-state index contributed by atoms with van der Waals surface area (Å²) in [5.74, 6) is -0.321. The lowest BCUT2D eigenvalue weighted by Crippen LogP contribution is -2.46. The number of hydrogen-bond donors (Lipinski definition) is 2. The van der Waals surface area contributed by atoms with Crippen LogP contribution in [0.1, 0.15) is 86.5 Å². The number of nitrogens with zero attached hydrogens (tertiary/aromatic N) is 2. The van der Waals surface area contributed by atoms with E-state index in [1.54, 1.807) is 0 Å². The molecule has 0 aliphatic heterocycles. The van der Waals surface area contributed by atoms with E-state index in [4.69, 9.17) is 9.47 Å². The Labute approximate surface area is 208 Å². The van der Waals surface area contributed by atoms with Crippen LogP contribution in [0.15, 0.2) is 22.0 Å². The lowest BCUT2D eigenvalue weighted by atomic mass is 9.53. The molecule has 2 saturated carbocycles.